The maximum Gasteiger partial charge on any atom is 0.311 e. The number of halogens is 1. The summed E-state index contributed by atoms with van der Waals surface area (Å²) in [5.74, 6) is -2.41. The first kappa shape index (κ1) is 15.1. The molecular formula is C13H17FN2O3. The summed E-state index contributed by atoms with van der Waals surface area (Å²) in [5, 5.41) is 11.7. The van der Waals surface area contributed by atoms with Crippen LogP contribution < -0.4 is 5.32 Å². The number of carbonyl (C=O) groups excluding carboxylic acids is 1. The minimum atomic E-state index is -1.18. The summed E-state index contributed by atoms with van der Waals surface area (Å²) < 4.78 is 12.9. The van der Waals surface area contributed by atoms with Crippen molar-refractivity contribution in [2.75, 3.05) is 0 Å². The smallest absolute Gasteiger partial charge is 0.311 e. The van der Waals surface area contributed by atoms with Gasteiger partial charge in [-0.1, -0.05) is 6.07 Å². The summed E-state index contributed by atoms with van der Waals surface area (Å²) in [6, 6.07) is 3.86. The van der Waals surface area contributed by atoms with E-state index in [2.05, 4.69) is 10.3 Å². The Labute approximate surface area is 110 Å². The van der Waals surface area contributed by atoms with Crippen molar-refractivity contribution in [2.24, 2.45) is 5.41 Å². The van der Waals surface area contributed by atoms with E-state index in [1.807, 2.05) is 0 Å². The van der Waals surface area contributed by atoms with Gasteiger partial charge in [0.1, 0.15) is 5.69 Å². The van der Waals surface area contributed by atoms with Crippen LogP contribution in [0.4, 0.5) is 4.39 Å². The number of nitrogens with zero attached hydrogens (tertiary/aromatic N) is 1. The molecule has 2 N–H and O–H groups in total. The van der Waals surface area contributed by atoms with Crippen molar-refractivity contribution in [2.45, 2.75) is 33.2 Å². The van der Waals surface area contributed by atoms with Crippen LogP contribution in [0, 0.1) is 11.4 Å². The molecule has 0 aliphatic carbocycles. The lowest BCUT2D eigenvalue weighted by molar-refractivity contribution is -0.150. The zero-order chi connectivity index (χ0) is 14.8. The summed E-state index contributed by atoms with van der Waals surface area (Å²) in [5.41, 5.74) is -2.30. The van der Waals surface area contributed by atoms with Gasteiger partial charge in [-0.05, 0) is 39.8 Å². The molecule has 5 nitrogen and oxygen atoms in total. The molecule has 1 heterocycles. The molecular weight excluding hydrogens is 251 g/mol. The van der Waals surface area contributed by atoms with Crippen LogP contribution in [0.3, 0.4) is 0 Å². The minimum absolute atomic E-state index is 0.0886. The van der Waals surface area contributed by atoms with E-state index in [-0.39, 0.29) is 5.69 Å². The fourth-order valence-corrected chi connectivity index (χ4v) is 1.31. The van der Waals surface area contributed by atoms with Crippen molar-refractivity contribution < 1.29 is 19.1 Å². The van der Waals surface area contributed by atoms with E-state index in [0.717, 1.165) is 6.07 Å². The standard InChI is InChI=1S/C13H17FN2O3/c1-12(2,11(18)19)13(3,4)16-10(17)8-6-5-7-9(14)15-8/h5-7H,1-4H3,(H,16,17)(H,18,19). The first-order valence-electron chi connectivity index (χ1n) is 5.76. The largest absolute Gasteiger partial charge is 0.481 e. The van der Waals surface area contributed by atoms with E-state index < -0.39 is 28.8 Å². The number of aliphatic carboxylic acids is 1. The number of carboxylic acid groups (broad SMARTS) is 1. The van der Waals surface area contributed by atoms with Crippen LogP contribution in [0.1, 0.15) is 38.2 Å². The Morgan fingerprint density at radius 3 is 2.32 bits per heavy atom. The van der Waals surface area contributed by atoms with Crippen molar-refractivity contribution in [1.29, 1.82) is 0 Å². The Morgan fingerprint density at radius 1 is 1.26 bits per heavy atom. The topological polar surface area (TPSA) is 79.3 Å². The number of rotatable bonds is 4. The molecule has 104 valence electrons. The highest BCUT2D eigenvalue weighted by Gasteiger charge is 2.44. The van der Waals surface area contributed by atoms with Crippen molar-refractivity contribution in [3.63, 3.8) is 0 Å². The zero-order valence-corrected chi connectivity index (χ0v) is 11.3. The summed E-state index contributed by atoms with van der Waals surface area (Å²) in [7, 11) is 0. The second kappa shape index (κ2) is 4.95. The van der Waals surface area contributed by atoms with Crippen LogP contribution in [0.2, 0.25) is 0 Å². The van der Waals surface area contributed by atoms with Gasteiger partial charge in [0.2, 0.25) is 5.95 Å². The molecule has 1 rings (SSSR count). The highest BCUT2D eigenvalue weighted by Crippen LogP contribution is 2.30. The van der Waals surface area contributed by atoms with Gasteiger partial charge in [-0.25, -0.2) is 4.98 Å². The second-order valence-electron chi connectivity index (χ2n) is 5.35. The molecule has 6 heteroatoms. The summed E-state index contributed by atoms with van der Waals surface area (Å²) in [6.07, 6.45) is 0. The Hall–Kier alpha value is -1.98. The van der Waals surface area contributed by atoms with E-state index in [1.165, 1.54) is 26.0 Å². The Morgan fingerprint density at radius 2 is 1.84 bits per heavy atom. The molecule has 0 bridgehead atoms. The lowest BCUT2D eigenvalue weighted by Crippen LogP contribution is -2.57. The molecule has 0 unspecified atom stereocenters. The Kier molecular flexibility index (Phi) is 3.93. The average molecular weight is 268 g/mol. The fourth-order valence-electron chi connectivity index (χ4n) is 1.31. The van der Waals surface area contributed by atoms with Gasteiger partial charge in [-0.3, -0.25) is 9.59 Å². The van der Waals surface area contributed by atoms with Gasteiger partial charge in [0.05, 0.1) is 11.0 Å². The van der Waals surface area contributed by atoms with Gasteiger partial charge >= 0.3 is 5.97 Å². The fraction of sp³-hybridized carbons (Fsp3) is 0.462. The number of hydrogen-bond acceptors (Lipinski definition) is 3. The Balaban J connectivity index is 2.96. The summed E-state index contributed by atoms with van der Waals surface area (Å²) >= 11 is 0. The molecule has 0 aliphatic heterocycles. The summed E-state index contributed by atoms with van der Waals surface area (Å²) in [6.45, 7) is 6.21. The zero-order valence-electron chi connectivity index (χ0n) is 11.3. The van der Waals surface area contributed by atoms with Gasteiger partial charge in [0, 0.05) is 0 Å². The van der Waals surface area contributed by atoms with E-state index in [0.29, 0.717) is 0 Å². The van der Waals surface area contributed by atoms with E-state index in [9.17, 15) is 19.1 Å². The molecule has 1 amide bonds. The van der Waals surface area contributed by atoms with Crippen molar-refractivity contribution in [3.8, 4) is 0 Å². The number of pyridine rings is 1. The molecule has 0 atom stereocenters. The second-order valence-corrected chi connectivity index (χ2v) is 5.35. The minimum Gasteiger partial charge on any atom is -0.481 e. The van der Waals surface area contributed by atoms with Crippen LogP contribution in [0.15, 0.2) is 18.2 Å². The predicted octanol–water partition coefficient (Wildman–Crippen LogP) is 1.84. The normalized spacial score (nSPS) is 12.1. The van der Waals surface area contributed by atoms with Crippen molar-refractivity contribution in [1.82, 2.24) is 10.3 Å². The molecule has 0 aromatic carbocycles. The van der Waals surface area contributed by atoms with Crippen molar-refractivity contribution in [3.05, 3.63) is 29.8 Å². The van der Waals surface area contributed by atoms with Crippen LogP contribution >= 0.6 is 0 Å². The first-order chi connectivity index (χ1) is 8.58. The number of amides is 1. The average Bonchev–Trinajstić information content (AvgIpc) is 2.27. The number of carbonyl (C=O) groups is 2. The van der Waals surface area contributed by atoms with Gasteiger partial charge in [0.15, 0.2) is 0 Å². The Bertz CT molecular complexity index is 512. The first-order valence-corrected chi connectivity index (χ1v) is 5.76. The van der Waals surface area contributed by atoms with Gasteiger partial charge in [-0.2, -0.15) is 4.39 Å². The number of carboxylic acids is 1. The molecule has 0 fully saturated rings. The van der Waals surface area contributed by atoms with Gasteiger partial charge in [0.25, 0.3) is 5.91 Å². The highest BCUT2D eigenvalue weighted by molar-refractivity contribution is 5.93. The van der Waals surface area contributed by atoms with Crippen LogP contribution in [-0.2, 0) is 4.79 Å². The van der Waals surface area contributed by atoms with Gasteiger partial charge in [-0.15, -0.1) is 0 Å². The van der Waals surface area contributed by atoms with E-state index >= 15 is 0 Å². The van der Waals surface area contributed by atoms with Crippen LogP contribution in [-0.4, -0.2) is 27.5 Å². The lowest BCUT2D eigenvalue weighted by atomic mass is 9.74. The molecule has 1 aromatic rings. The quantitative estimate of drug-likeness (QED) is 0.817. The molecule has 0 saturated carbocycles. The molecule has 0 saturated heterocycles. The van der Waals surface area contributed by atoms with Gasteiger partial charge < -0.3 is 10.4 Å². The third-order valence-corrected chi connectivity index (χ3v) is 3.47. The monoisotopic (exact) mass is 268 g/mol. The maximum atomic E-state index is 12.9. The third kappa shape index (κ3) is 3.07. The number of aromatic nitrogens is 1. The highest BCUT2D eigenvalue weighted by atomic mass is 19.1. The van der Waals surface area contributed by atoms with E-state index in [1.54, 1.807) is 13.8 Å². The molecule has 0 spiro atoms. The third-order valence-electron chi connectivity index (χ3n) is 3.47. The molecule has 19 heavy (non-hydrogen) atoms. The number of nitrogens with one attached hydrogen (secondary N) is 1. The molecule has 0 aliphatic rings. The van der Waals surface area contributed by atoms with E-state index in [4.69, 9.17) is 0 Å². The lowest BCUT2D eigenvalue weighted by Gasteiger charge is -2.38. The van der Waals surface area contributed by atoms with Crippen LogP contribution in [0.5, 0.6) is 0 Å². The SMILES string of the molecule is CC(C)(NC(=O)c1cccc(F)n1)C(C)(C)C(=O)O. The van der Waals surface area contributed by atoms with Crippen molar-refractivity contribution >= 4 is 11.9 Å². The summed E-state index contributed by atoms with van der Waals surface area (Å²) in [4.78, 5) is 26.6. The molecule has 0 radical (unpaired) electrons. The molecule has 1 aromatic heterocycles. The predicted molar refractivity (Wildman–Crippen MR) is 67.2 cm³/mol. The van der Waals surface area contributed by atoms with Crippen LogP contribution in [0.25, 0.3) is 0 Å². The maximum absolute atomic E-state index is 12.9. The number of hydrogen-bond donors (Lipinski definition) is 2.